The Balaban J connectivity index is 1.75. The number of hydrogen-bond acceptors (Lipinski definition) is 4. The molecular formula is C18H12N4. The van der Waals surface area contributed by atoms with Crippen LogP contribution >= 0.6 is 0 Å². The third-order valence-electron chi connectivity index (χ3n) is 4.05. The molecule has 0 amide bonds. The van der Waals surface area contributed by atoms with Gasteiger partial charge in [-0.05, 0) is 45.8 Å². The van der Waals surface area contributed by atoms with Crippen LogP contribution in [0.5, 0.6) is 0 Å². The Kier molecular flexibility index (Phi) is 2.19. The van der Waals surface area contributed by atoms with E-state index in [2.05, 4.69) is 69.1 Å². The van der Waals surface area contributed by atoms with Crippen LogP contribution in [0.4, 0.5) is 23.0 Å². The largest absolute Gasteiger partial charge is 0.335 e. The monoisotopic (exact) mass is 284 g/mol. The van der Waals surface area contributed by atoms with Crippen LogP contribution in [-0.4, -0.2) is 9.97 Å². The fraction of sp³-hybridized carbons (Fsp3) is 0. The van der Waals surface area contributed by atoms with Crippen molar-refractivity contribution in [2.75, 3.05) is 10.6 Å². The summed E-state index contributed by atoms with van der Waals surface area (Å²) in [6, 6.07) is 17.2. The molecule has 4 heteroatoms. The molecule has 22 heavy (non-hydrogen) atoms. The molecular weight excluding hydrogens is 272 g/mol. The Bertz CT molecular complexity index is 957. The number of hydrogen-bond donors (Lipinski definition) is 2. The van der Waals surface area contributed by atoms with Crippen LogP contribution in [0.2, 0.25) is 0 Å². The highest BCUT2D eigenvalue weighted by Crippen LogP contribution is 2.39. The maximum Gasteiger partial charge on any atom is 0.174 e. The van der Waals surface area contributed by atoms with Gasteiger partial charge in [0.25, 0.3) is 0 Å². The van der Waals surface area contributed by atoms with E-state index in [0.29, 0.717) is 0 Å². The van der Waals surface area contributed by atoms with Crippen molar-refractivity contribution in [2.24, 2.45) is 0 Å². The molecule has 0 fully saturated rings. The van der Waals surface area contributed by atoms with Crippen molar-refractivity contribution in [2.45, 2.75) is 0 Å². The van der Waals surface area contributed by atoms with Crippen LogP contribution in [-0.2, 0) is 0 Å². The summed E-state index contributed by atoms with van der Waals surface area (Å²) in [7, 11) is 0. The summed E-state index contributed by atoms with van der Waals surface area (Å²) in [5.74, 6) is 1.52. The molecule has 4 aromatic rings. The summed E-state index contributed by atoms with van der Waals surface area (Å²) in [4.78, 5) is 8.62. The van der Waals surface area contributed by atoms with E-state index in [-0.39, 0.29) is 0 Å². The highest BCUT2D eigenvalue weighted by molar-refractivity contribution is 6.03. The third kappa shape index (κ3) is 1.64. The lowest BCUT2D eigenvalue weighted by molar-refractivity contribution is 1.18. The standard InChI is InChI=1S/C18H12N4/c1-2-4-12-8-14-10-16-15(9-13(14)7-11(12)3-1)21-17-18(22-16)20-6-5-19-17/h1-10H,(H,19,21)(H,20,22). The molecule has 0 unspecified atom stereocenters. The smallest absolute Gasteiger partial charge is 0.174 e. The molecule has 104 valence electrons. The van der Waals surface area contributed by atoms with Crippen molar-refractivity contribution >= 4 is 44.6 Å². The average Bonchev–Trinajstić information content (AvgIpc) is 2.56. The molecule has 2 N–H and O–H groups in total. The number of rotatable bonds is 0. The second kappa shape index (κ2) is 4.18. The second-order valence-electron chi connectivity index (χ2n) is 5.45. The summed E-state index contributed by atoms with van der Waals surface area (Å²) in [5, 5.41) is 11.6. The summed E-state index contributed by atoms with van der Waals surface area (Å²) >= 11 is 0. The van der Waals surface area contributed by atoms with E-state index in [0.717, 1.165) is 23.0 Å². The molecule has 0 aliphatic carbocycles. The molecule has 1 aromatic heterocycles. The minimum absolute atomic E-state index is 0.759. The van der Waals surface area contributed by atoms with Crippen molar-refractivity contribution in [3.63, 3.8) is 0 Å². The van der Waals surface area contributed by atoms with Crippen molar-refractivity contribution in [1.29, 1.82) is 0 Å². The fourth-order valence-corrected chi connectivity index (χ4v) is 2.97. The van der Waals surface area contributed by atoms with Gasteiger partial charge < -0.3 is 10.6 Å². The van der Waals surface area contributed by atoms with E-state index < -0.39 is 0 Å². The van der Waals surface area contributed by atoms with Crippen molar-refractivity contribution in [1.82, 2.24) is 9.97 Å². The van der Waals surface area contributed by atoms with Gasteiger partial charge in [-0.15, -0.1) is 0 Å². The number of aromatic nitrogens is 2. The maximum atomic E-state index is 4.31. The highest BCUT2D eigenvalue weighted by Gasteiger charge is 2.16. The maximum absolute atomic E-state index is 4.31. The SMILES string of the molecule is c1ccc2cc3cc4c(cc3cc2c1)Nc1nccnc1N4. The Hall–Kier alpha value is -3.14. The van der Waals surface area contributed by atoms with E-state index in [1.54, 1.807) is 12.4 Å². The number of benzene rings is 3. The number of fused-ring (bicyclic) bond motifs is 4. The summed E-state index contributed by atoms with van der Waals surface area (Å²) < 4.78 is 0. The lowest BCUT2D eigenvalue weighted by atomic mass is 10.0. The molecule has 0 bridgehead atoms. The molecule has 0 radical (unpaired) electrons. The van der Waals surface area contributed by atoms with Crippen LogP contribution in [0.25, 0.3) is 21.5 Å². The first-order valence-corrected chi connectivity index (χ1v) is 7.18. The van der Waals surface area contributed by atoms with Gasteiger partial charge in [-0.3, -0.25) is 0 Å². The zero-order valence-electron chi connectivity index (χ0n) is 11.7. The van der Waals surface area contributed by atoms with E-state index in [1.807, 2.05) is 0 Å². The van der Waals surface area contributed by atoms with E-state index >= 15 is 0 Å². The van der Waals surface area contributed by atoms with E-state index in [4.69, 9.17) is 0 Å². The van der Waals surface area contributed by atoms with Crippen molar-refractivity contribution in [3.05, 3.63) is 60.9 Å². The van der Waals surface area contributed by atoms with Gasteiger partial charge in [-0.2, -0.15) is 0 Å². The van der Waals surface area contributed by atoms with Crippen LogP contribution < -0.4 is 10.6 Å². The van der Waals surface area contributed by atoms with Gasteiger partial charge in [0, 0.05) is 12.4 Å². The molecule has 0 spiro atoms. The first kappa shape index (κ1) is 11.5. The van der Waals surface area contributed by atoms with Crippen LogP contribution in [0.1, 0.15) is 0 Å². The fourth-order valence-electron chi connectivity index (χ4n) is 2.97. The molecule has 1 aliphatic heterocycles. The van der Waals surface area contributed by atoms with Gasteiger partial charge in [0.1, 0.15) is 0 Å². The molecule has 0 saturated heterocycles. The summed E-state index contributed by atoms with van der Waals surface area (Å²) in [6.45, 7) is 0. The molecule has 4 nitrogen and oxygen atoms in total. The molecule has 0 saturated carbocycles. The first-order valence-electron chi connectivity index (χ1n) is 7.18. The molecule has 2 heterocycles. The van der Waals surface area contributed by atoms with Crippen LogP contribution in [0.3, 0.4) is 0 Å². The Morgan fingerprint density at radius 3 is 1.59 bits per heavy atom. The minimum Gasteiger partial charge on any atom is -0.335 e. The molecule has 1 aliphatic rings. The van der Waals surface area contributed by atoms with Gasteiger partial charge in [0.05, 0.1) is 11.4 Å². The summed E-state index contributed by atoms with van der Waals surface area (Å²) in [5.41, 5.74) is 2.05. The van der Waals surface area contributed by atoms with Crippen molar-refractivity contribution in [3.8, 4) is 0 Å². The lowest BCUT2D eigenvalue weighted by Crippen LogP contribution is -2.09. The second-order valence-corrected chi connectivity index (χ2v) is 5.45. The first-order chi connectivity index (χ1) is 10.9. The highest BCUT2D eigenvalue weighted by atomic mass is 15.1. The van der Waals surface area contributed by atoms with Gasteiger partial charge >= 0.3 is 0 Å². The number of nitrogens with zero attached hydrogens (tertiary/aromatic N) is 2. The minimum atomic E-state index is 0.759. The van der Waals surface area contributed by atoms with E-state index in [1.165, 1.54) is 21.5 Å². The van der Waals surface area contributed by atoms with Crippen molar-refractivity contribution < 1.29 is 0 Å². The quantitative estimate of drug-likeness (QED) is 0.408. The molecule has 3 aromatic carbocycles. The van der Waals surface area contributed by atoms with Gasteiger partial charge in [-0.25, -0.2) is 9.97 Å². The average molecular weight is 284 g/mol. The number of anilines is 4. The zero-order valence-corrected chi connectivity index (χ0v) is 11.7. The number of nitrogens with one attached hydrogen (secondary N) is 2. The zero-order chi connectivity index (χ0) is 14.5. The van der Waals surface area contributed by atoms with E-state index in [9.17, 15) is 0 Å². The Morgan fingerprint density at radius 1 is 0.591 bits per heavy atom. The predicted molar refractivity (Wildman–Crippen MR) is 90.1 cm³/mol. The normalized spacial score (nSPS) is 12.4. The Morgan fingerprint density at radius 2 is 1.09 bits per heavy atom. The predicted octanol–water partition coefficient (Wildman–Crippen LogP) is 4.58. The molecule has 5 rings (SSSR count). The summed E-state index contributed by atoms with van der Waals surface area (Å²) in [6.07, 6.45) is 3.38. The topological polar surface area (TPSA) is 49.8 Å². The lowest BCUT2D eigenvalue weighted by Gasteiger charge is -2.21. The molecule has 0 atom stereocenters. The van der Waals surface area contributed by atoms with Gasteiger partial charge in [0.15, 0.2) is 11.6 Å². The third-order valence-corrected chi connectivity index (χ3v) is 4.05. The van der Waals surface area contributed by atoms with Gasteiger partial charge in [-0.1, -0.05) is 24.3 Å². The Labute approximate surface area is 126 Å². The van der Waals surface area contributed by atoms with Gasteiger partial charge in [0.2, 0.25) is 0 Å². The van der Waals surface area contributed by atoms with Crippen LogP contribution in [0, 0.1) is 0 Å². The van der Waals surface area contributed by atoms with Crippen LogP contribution in [0.15, 0.2) is 60.9 Å².